The van der Waals surface area contributed by atoms with Crippen LogP contribution in [0.15, 0.2) is 58.7 Å². The first-order valence-electron chi connectivity index (χ1n) is 15.7. The van der Waals surface area contributed by atoms with Gasteiger partial charge in [0, 0.05) is 20.0 Å². The fourth-order valence-corrected chi connectivity index (χ4v) is 7.31. The molecular weight excluding hydrogens is 548 g/mol. The number of fused-ring (bicyclic) bond motifs is 3. The molecule has 4 rings (SSSR count). The molecular formula is C35H52O8. The number of hydrogen-bond donors (Lipinski definition) is 3. The van der Waals surface area contributed by atoms with Crippen molar-refractivity contribution in [1.82, 2.24) is 0 Å². The summed E-state index contributed by atoms with van der Waals surface area (Å²) < 4.78 is 25.0. The number of ether oxygens (including phenoxy) is 4. The second-order valence-corrected chi connectivity index (χ2v) is 13.4. The van der Waals surface area contributed by atoms with Crippen molar-refractivity contribution in [2.24, 2.45) is 17.8 Å². The molecule has 3 heterocycles. The van der Waals surface area contributed by atoms with Crippen LogP contribution in [-0.2, 0) is 23.7 Å². The molecule has 1 spiro atoms. The second kappa shape index (κ2) is 13.5. The van der Waals surface area contributed by atoms with Crippen LogP contribution in [0.25, 0.3) is 0 Å². The predicted molar refractivity (Wildman–Crippen MR) is 165 cm³/mol. The summed E-state index contributed by atoms with van der Waals surface area (Å²) in [6.45, 7) is 13.7. The van der Waals surface area contributed by atoms with Crippen molar-refractivity contribution in [2.45, 2.75) is 129 Å². The van der Waals surface area contributed by atoms with Crippen LogP contribution in [-0.4, -0.2) is 76.4 Å². The normalized spacial score (nSPS) is 46.5. The van der Waals surface area contributed by atoms with Crippen LogP contribution in [0.3, 0.4) is 0 Å². The van der Waals surface area contributed by atoms with E-state index in [9.17, 15) is 20.1 Å². The summed E-state index contributed by atoms with van der Waals surface area (Å²) in [7, 11) is 1.47. The van der Waals surface area contributed by atoms with Crippen LogP contribution in [0, 0.1) is 17.8 Å². The summed E-state index contributed by atoms with van der Waals surface area (Å²) in [6, 6.07) is 0. The molecule has 2 bridgehead atoms. The van der Waals surface area contributed by atoms with Gasteiger partial charge in [-0.05, 0) is 82.4 Å². The van der Waals surface area contributed by atoms with Gasteiger partial charge in [0.25, 0.3) is 0 Å². The van der Waals surface area contributed by atoms with E-state index < -0.39 is 47.7 Å². The zero-order valence-electron chi connectivity index (χ0n) is 27.1. The lowest BCUT2D eigenvalue weighted by molar-refractivity contribution is -0.363. The maximum atomic E-state index is 14.0. The van der Waals surface area contributed by atoms with Crippen molar-refractivity contribution in [3.63, 3.8) is 0 Å². The fourth-order valence-electron chi connectivity index (χ4n) is 7.31. The molecule has 3 N–H and O–H groups in total. The van der Waals surface area contributed by atoms with Gasteiger partial charge in [0.05, 0.1) is 12.2 Å². The third-order valence-corrected chi connectivity index (χ3v) is 9.93. The molecule has 3 aliphatic heterocycles. The molecule has 0 unspecified atom stereocenters. The Kier molecular flexibility index (Phi) is 10.6. The lowest BCUT2D eigenvalue weighted by Gasteiger charge is -2.52. The molecule has 2 fully saturated rings. The highest BCUT2D eigenvalue weighted by molar-refractivity contribution is 5.78. The third kappa shape index (κ3) is 6.80. The van der Waals surface area contributed by atoms with E-state index in [2.05, 4.69) is 26.8 Å². The van der Waals surface area contributed by atoms with Gasteiger partial charge in [-0.1, -0.05) is 55.9 Å². The summed E-state index contributed by atoms with van der Waals surface area (Å²) >= 11 is 0. The standard InChI is InChI=1S/C35H52O8/c1-9-22(4)30-24(6)17-29(36)34(43-30)19-27-18-26(42-34)14-13-21(3)15-20(2)11-10-12-25(7)35(39)28(33(38)41-27)16-23(5)31(40-8)32(35)37/h9-13,16,20,24,26-32,36-37,39H,14-15,17-19H2,1-8H3/b11-10+,21-13+,22-9+,25-12+/t20-,24-,26+,27-,28-,29+,30+,31+,32+,34-,35+/m0/s1. The van der Waals surface area contributed by atoms with Gasteiger partial charge >= 0.3 is 5.97 Å². The van der Waals surface area contributed by atoms with E-state index in [-0.39, 0.29) is 30.5 Å². The summed E-state index contributed by atoms with van der Waals surface area (Å²) in [5, 5.41) is 35.0. The lowest BCUT2D eigenvalue weighted by atomic mass is 9.69. The van der Waals surface area contributed by atoms with Gasteiger partial charge in [-0.2, -0.15) is 0 Å². The van der Waals surface area contributed by atoms with Crippen LogP contribution < -0.4 is 0 Å². The molecule has 2 saturated heterocycles. The molecule has 0 aromatic carbocycles. The molecule has 240 valence electrons. The summed E-state index contributed by atoms with van der Waals surface area (Å²) in [4.78, 5) is 14.0. The highest BCUT2D eigenvalue weighted by Gasteiger charge is 2.57. The molecule has 4 aliphatic rings. The zero-order valence-corrected chi connectivity index (χ0v) is 27.1. The zero-order chi connectivity index (χ0) is 31.7. The molecule has 1 aliphatic carbocycles. The number of carbonyl (C=O) groups excluding carboxylic acids is 1. The molecule has 43 heavy (non-hydrogen) atoms. The lowest BCUT2D eigenvalue weighted by Crippen LogP contribution is -2.62. The number of aliphatic hydroxyl groups is 3. The van der Waals surface area contributed by atoms with Crippen molar-refractivity contribution in [2.75, 3.05) is 7.11 Å². The third-order valence-electron chi connectivity index (χ3n) is 9.93. The first kappa shape index (κ1) is 33.8. The minimum absolute atomic E-state index is 0.0827. The largest absolute Gasteiger partial charge is 0.462 e. The number of aliphatic hydroxyl groups excluding tert-OH is 2. The number of esters is 1. The van der Waals surface area contributed by atoms with Gasteiger partial charge in [-0.3, -0.25) is 4.79 Å². The predicted octanol–water partition coefficient (Wildman–Crippen LogP) is 5.09. The summed E-state index contributed by atoms with van der Waals surface area (Å²) in [5.74, 6) is -2.86. The second-order valence-electron chi connectivity index (χ2n) is 13.4. The van der Waals surface area contributed by atoms with Gasteiger partial charge in [0.15, 0.2) is 5.79 Å². The Morgan fingerprint density at radius 2 is 1.84 bits per heavy atom. The van der Waals surface area contributed by atoms with Gasteiger partial charge in [-0.15, -0.1) is 0 Å². The quantitative estimate of drug-likeness (QED) is 0.297. The first-order chi connectivity index (χ1) is 20.2. The first-order valence-corrected chi connectivity index (χ1v) is 15.7. The van der Waals surface area contributed by atoms with Crippen LogP contribution in [0.5, 0.6) is 0 Å². The molecule has 0 amide bonds. The Morgan fingerprint density at radius 3 is 2.51 bits per heavy atom. The van der Waals surface area contributed by atoms with Crippen molar-refractivity contribution in [3.8, 4) is 0 Å². The number of hydrogen-bond acceptors (Lipinski definition) is 8. The van der Waals surface area contributed by atoms with Crippen molar-refractivity contribution < 1.29 is 39.1 Å². The number of rotatable bonds is 2. The SMILES string of the molecule is C/C=C(\C)[C@H]1O[C@@]2(C[C@@H]3C[C@@H](C/C=C(\C)C[C@@H](C)/C=C/C=C(\C)[C@]4(O)[C@H](O)[C@H](OC)C(C)=C[C@H]4C(=O)O3)O2)[C@H](O)C[C@@H]1C. The van der Waals surface area contributed by atoms with E-state index in [1.54, 1.807) is 26.0 Å². The van der Waals surface area contributed by atoms with Crippen LogP contribution in [0.4, 0.5) is 0 Å². The topological polar surface area (TPSA) is 115 Å². The van der Waals surface area contributed by atoms with Gasteiger partial charge in [-0.25, -0.2) is 0 Å². The molecule has 8 nitrogen and oxygen atoms in total. The van der Waals surface area contributed by atoms with Gasteiger partial charge in [0.1, 0.15) is 35.9 Å². The van der Waals surface area contributed by atoms with Crippen molar-refractivity contribution in [1.29, 1.82) is 0 Å². The summed E-state index contributed by atoms with van der Waals surface area (Å²) in [5.41, 5.74) is 1.38. The number of allylic oxidation sites excluding steroid dienone is 5. The maximum Gasteiger partial charge on any atom is 0.316 e. The average molecular weight is 601 g/mol. The van der Waals surface area contributed by atoms with E-state index in [0.29, 0.717) is 30.4 Å². The highest BCUT2D eigenvalue weighted by Crippen LogP contribution is 2.46. The van der Waals surface area contributed by atoms with Crippen LogP contribution >= 0.6 is 0 Å². The number of methoxy groups -OCH3 is 1. The molecule has 8 heteroatoms. The average Bonchev–Trinajstić information content (AvgIpc) is 2.95. The molecule has 0 radical (unpaired) electrons. The van der Waals surface area contributed by atoms with Gasteiger partial charge in [0.2, 0.25) is 0 Å². The highest BCUT2D eigenvalue weighted by atomic mass is 16.7. The Balaban J connectivity index is 1.78. The van der Waals surface area contributed by atoms with E-state index >= 15 is 0 Å². The minimum Gasteiger partial charge on any atom is -0.462 e. The number of carbonyl (C=O) groups is 1. The molecule has 0 aromatic rings. The maximum absolute atomic E-state index is 14.0. The van der Waals surface area contributed by atoms with E-state index in [0.717, 1.165) is 12.0 Å². The van der Waals surface area contributed by atoms with Crippen LogP contribution in [0.2, 0.25) is 0 Å². The van der Waals surface area contributed by atoms with E-state index in [1.165, 1.54) is 12.7 Å². The fraction of sp³-hybridized carbons (Fsp3) is 0.686. The van der Waals surface area contributed by atoms with E-state index in [4.69, 9.17) is 18.9 Å². The Labute approximate surface area is 257 Å². The molecule has 11 atom stereocenters. The Hall–Kier alpha value is -2.07. The monoisotopic (exact) mass is 600 g/mol. The van der Waals surface area contributed by atoms with Gasteiger partial charge < -0.3 is 34.3 Å². The smallest absolute Gasteiger partial charge is 0.316 e. The van der Waals surface area contributed by atoms with Crippen molar-refractivity contribution >= 4 is 5.97 Å². The van der Waals surface area contributed by atoms with Crippen LogP contribution in [0.1, 0.15) is 80.6 Å². The Morgan fingerprint density at radius 1 is 1.12 bits per heavy atom. The molecule has 0 aromatic heterocycles. The summed E-state index contributed by atoms with van der Waals surface area (Å²) in [6.07, 6.45) is 9.65. The minimum atomic E-state index is -1.95. The van der Waals surface area contributed by atoms with E-state index in [1.807, 2.05) is 32.1 Å². The Bertz CT molecular complexity index is 1180. The molecule has 0 saturated carbocycles. The van der Waals surface area contributed by atoms with Crippen molar-refractivity contribution in [3.05, 3.63) is 58.7 Å².